The quantitative estimate of drug-likeness (QED) is 0.0705. The van der Waals surface area contributed by atoms with Gasteiger partial charge >= 0.3 is 0 Å². The highest BCUT2D eigenvalue weighted by atomic mass is 31.1. The van der Waals surface area contributed by atoms with Crippen molar-refractivity contribution in [2.75, 3.05) is 73.9 Å². The molecule has 0 aromatic rings. The van der Waals surface area contributed by atoms with Crippen LogP contribution < -0.4 is 0 Å². The Morgan fingerprint density at radius 2 is 0.382 bits per heavy atom. The maximum Gasteiger partial charge on any atom is -0.0326 e. The number of hydrogen-bond acceptors (Lipinski definition) is 0. The molecule has 0 saturated heterocycles. The first-order chi connectivity index (χ1) is 16.6. The maximum atomic E-state index is 2.39. The van der Waals surface area contributed by atoms with E-state index >= 15 is 0 Å². The van der Waals surface area contributed by atoms with E-state index in [-0.39, 0.29) is 0 Å². The van der Waals surface area contributed by atoms with Gasteiger partial charge in [0.25, 0.3) is 0 Å². The smallest absolute Gasteiger partial charge is 0.0326 e. The summed E-state index contributed by atoms with van der Waals surface area (Å²) in [7, 11) is 1.41. The molecular formula is C30H66P4. The molecule has 0 aliphatic heterocycles. The molecule has 0 rings (SSSR count). The fourth-order valence-electron chi connectivity index (χ4n) is 5.25. The summed E-state index contributed by atoms with van der Waals surface area (Å²) in [6.07, 6.45) is 36.5. The Kier molecular flexibility index (Phi) is 29.2. The van der Waals surface area contributed by atoms with Crippen molar-refractivity contribution < 1.29 is 0 Å². The second kappa shape index (κ2) is 27.7. The lowest BCUT2D eigenvalue weighted by atomic mass is 10.4. The summed E-state index contributed by atoms with van der Waals surface area (Å²) >= 11 is 0. The van der Waals surface area contributed by atoms with E-state index in [1.807, 2.05) is 0 Å². The molecule has 0 aliphatic carbocycles. The predicted molar refractivity (Wildman–Crippen MR) is 176 cm³/mol. The molecule has 0 amide bonds. The van der Waals surface area contributed by atoms with Gasteiger partial charge in [0.05, 0.1) is 0 Å². The summed E-state index contributed by atoms with van der Waals surface area (Å²) in [5.74, 6) is 0. The topological polar surface area (TPSA) is 0 Å². The van der Waals surface area contributed by atoms with E-state index in [2.05, 4.69) is 41.5 Å². The van der Waals surface area contributed by atoms with Crippen LogP contribution in [0.5, 0.6) is 0 Å². The number of rotatable bonds is 27. The van der Waals surface area contributed by atoms with Crippen LogP contribution in [0.25, 0.3) is 0 Å². The van der Waals surface area contributed by atoms with Gasteiger partial charge in [0.1, 0.15) is 0 Å². The Morgan fingerprint density at radius 3 is 0.529 bits per heavy atom. The molecule has 0 spiro atoms. The van der Waals surface area contributed by atoms with E-state index < -0.39 is 0 Å². The molecule has 206 valence electrons. The average Bonchev–Trinajstić information content (AvgIpc) is 2.82. The Bertz CT molecular complexity index is 315. The lowest BCUT2D eigenvalue weighted by molar-refractivity contribution is 0.847. The van der Waals surface area contributed by atoms with E-state index in [9.17, 15) is 0 Å². The van der Waals surface area contributed by atoms with Gasteiger partial charge in [-0.2, -0.15) is 0 Å². The van der Waals surface area contributed by atoms with Crippen LogP contribution in [-0.2, 0) is 0 Å². The third-order valence-corrected chi connectivity index (χ3v) is 19.0. The summed E-state index contributed by atoms with van der Waals surface area (Å²) in [6.45, 7) is 14.4. The molecule has 0 atom stereocenters. The summed E-state index contributed by atoms with van der Waals surface area (Å²) < 4.78 is 0. The monoisotopic (exact) mass is 550 g/mol. The lowest BCUT2D eigenvalue weighted by Gasteiger charge is -2.21. The highest BCUT2D eigenvalue weighted by Gasteiger charge is 2.12. The first-order valence-electron chi connectivity index (χ1n) is 15.5. The van der Waals surface area contributed by atoms with Crippen molar-refractivity contribution in [3.05, 3.63) is 0 Å². The third kappa shape index (κ3) is 21.8. The van der Waals surface area contributed by atoms with Crippen LogP contribution in [-0.4, -0.2) is 73.9 Å². The van der Waals surface area contributed by atoms with Gasteiger partial charge in [-0.05, 0) is 112 Å². The van der Waals surface area contributed by atoms with Crippen LogP contribution in [0.15, 0.2) is 0 Å². The zero-order valence-electron chi connectivity index (χ0n) is 24.8. The predicted octanol–water partition coefficient (Wildman–Crippen LogP) is 11.7. The molecule has 0 N–H and O–H groups in total. The molecule has 0 aliphatic rings. The minimum Gasteiger partial charge on any atom is -0.107 e. The van der Waals surface area contributed by atoms with Crippen LogP contribution in [0.1, 0.15) is 119 Å². The molecule has 0 heterocycles. The second-order valence-electron chi connectivity index (χ2n) is 10.5. The fraction of sp³-hybridized carbons (Fsp3) is 1.00. The Hall–Kier alpha value is 1.72. The normalized spacial score (nSPS) is 12.2. The maximum absolute atomic E-state index is 2.39. The van der Waals surface area contributed by atoms with Gasteiger partial charge in [-0.3, -0.25) is 0 Å². The van der Waals surface area contributed by atoms with Crippen molar-refractivity contribution in [2.24, 2.45) is 0 Å². The van der Waals surface area contributed by atoms with E-state index in [1.54, 1.807) is 75.5 Å². The van der Waals surface area contributed by atoms with Gasteiger partial charge in [-0.15, -0.1) is 31.7 Å². The minimum atomic E-state index is 0.321. The van der Waals surface area contributed by atoms with Gasteiger partial charge < -0.3 is 0 Å². The number of hydrogen-bond donors (Lipinski definition) is 0. The SMILES string of the molecule is CCCP(CCC)CCCCP(CCCCP(CCC)CCC)CCCCP(CCC)CCC. The van der Waals surface area contributed by atoms with E-state index in [4.69, 9.17) is 0 Å². The van der Waals surface area contributed by atoms with Crippen molar-refractivity contribution in [3.8, 4) is 0 Å². The molecule has 0 unspecified atom stereocenters. The van der Waals surface area contributed by atoms with Crippen LogP contribution in [0.3, 0.4) is 0 Å². The molecule has 0 fully saturated rings. The summed E-state index contributed by atoms with van der Waals surface area (Å²) in [6, 6.07) is 0. The van der Waals surface area contributed by atoms with Crippen LogP contribution in [0, 0.1) is 0 Å². The molecule has 0 radical (unpaired) electrons. The van der Waals surface area contributed by atoms with Crippen LogP contribution >= 0.6 is 31.7 Å². The molecule has 34 heavy (non-hydrogen) atoms. The number of unbranched alkanes of at least 4 members (excludes halogenated alkanes) is 3. The minimum absolute atomic E-state index is 0.321. The first-order valence-corrected chi connectivity index (χ1v) is 23.1. The summed E-state index contributed by atoms with van der Waals surface area (Å²) in [5, 5.41) is 0. The van der Waals surface area contributed by atoms with Crippen molar-refractivity contribution in [1.82, 2.24) is 0 Å². The van der Waals surface area contributed by atoms with Crippen molar-refractivity contribution >= 4 is 31.7 Å². The second-order valence-corrected chi connectivity index (χ2v) is 21.2. The molecular weight excluding hydrogens is 484 g/mol. The fourth-order valence-corrected chi connectivity index (χ4v) is 15.8. The van der Waals surface area contributed by atoms with Gasteiger partial charge in [0.15, 0.2) is 0 Å². The summed E-state index contributed by atoms with van der Waals surface area (Å²) in [5.41, 5.74) is 0. The zero-order valence-corrected chi connectivity index (χ0v) is 28.3. The zero-order chi connectivity index (χ0) is 25.3. The first kappa shape index (κ1) is 35.7. The van der Waals surface area contributed by atoms with E-state index in [1.165, 1.54) is 75.5 Å². The van der Waals surface area contributed by atoms with Crippen molar-refractivity contribution in [3.63, 3.8) is 0 Å². The largest absolute Gasteiger partial charge is 0.107 e. The highest BCUT2D eigenvalue weighted by Crippen LogP contribution is 2.44. The Morgan fingerprint density at radius 1 is 0.235 bits per heavy atom. The van der Waals surface area contributed by atoms with Crippen molar-refractivity contribution in [1.29, 1.82) is 0 Å². The standard InChI is InChI=1S/C30H66P4/c1-7-19-31(20-8-2)25-13-16-28-34(29-17-14-26-32(21-9-3)22-10-4)30-18-15-27-33(23-11-5)24-12-6/h7-30H2,1-6H3. The molecule has 4 heteroatoms. The van der Waals surface area contributed by atoms with Gasteiger partial charge in [0.2, 0.25) is 0 Å². The molecule has 0 aromatic carbocycles. The molecule has 0 bridgehead atoms. The van der Waals surface area contributed by atoms with E-state index in [0.29, 0.717) is 31.7 Å². The van der Waals surface area contributed by atoms with Gasteiger partial charge in [-0.25, -0.2) is 0 Å². The Labute approximate surface area is 223 Å². The van der Waals surface area contributed by atoms with Gasteiger partial charge in [0, 0.05) is 0 Å². The molecule has 0 nitrogen and oxygen atoms in total. The van der Waals surface area contributed by atoms with Gasteiger partial charge in [-0.1, -0.05) is 80.1 Å². The Balaban J connectivity index is 4.45. The summed E-state index contributed by atoms with van der Waals surface area (Å²) in [4.78, 5) is 0. The lowest BCUT2D eigenvalue weighted by Crippen LogP contribution is -2.01. The third-order valence-electron chi connectivity index (χ3n) is 6.84. The molecule has 0 aromatic heterocycles. The molecule has 0 saturated carbocycles. The average molecular weight is 551 g/mol. The van der Waals surface area contributed by atoms with E-state index in [0.717, 1.165) is 0 Å². The van der Waals surface area contributed by atoms with Crippen molar-refractivity contribution in [2.45, 2.75) is 119 Å². The highest BCUT2D eigenvalue weighted by molar-refractivity contribution is 7.58. The van der Waals surface area contributed by atoms with Crippen LogP contribution in [0.4, 0.5) is 0 Å². The van der Waals surface area contributed by atoms with Crippen LogP contribution in [0.2, 0.25) is 0 Å².